The lowest BCUT2D eigenvalue weighted by Crippen LogP contribution is -2.04. The van der Waals surface area contributed by atoms with Gasteiger partial charge in [0.25, 0.3) is 0 Å². The molecule has 0 N–H and O–H groups in total. The lowest BCUT2D eigenvalue weighted by molar-refractivity contribution is 0.146. The highest BCUT2D eigenvalue weighted by Crippen LogP contribution is 2.17. The molecule has 0 aromatic heterocycles. The molecular formula is C12H18O2. The van der Waals surface area contributed by atoms with Gasteiger partial charge < -0.3 is 9.47 Å². The minimum atomic E-state index is 0.613. The second-order valence-corrected chi connectivity index (χ2v) is 3.28. The number of benzene rings is 1. The van der Waals surface area contributed by atoms with Crippen LogP contribution in [-0.2, 0) is 11.2 Å². The van der Waals surface area contributed by atoms with Crippen LogP contribution < -0.4 is 4.74 Å². The summed E-state index contributed by atoms with van der Waals surface area (Å²) in [5.74, 6) is 0.928. The Hall–Kier alpha value is -1.02. The topological polar surface area (TPSA) is 18.5 Å². The van der Waals surface area contributed by atoms with Gasteiger partial charge in [-0.25, -0.2) is 0 Å². The first-order valence-corrected chi connectivity index (χ1v) is 4.99. The standard InChI is InChI=1S/C12H18O2/c1-4-11-5-6-12(9-10(11)2)14-8-7-13-3/h5-6,9H,4,7-8H2,1-3H3. The van der Waals surface area contributed by atoms with Crippen LogP contribution in [0, 0.1) is 6.92 Å². The molecule has 78 valence electrons. The smallest absolute Gasteiger partial charge is 0.119 e. The van der Waals surface area contributed by atoms with Gasteiger partial charge in [-0.05, 0) is 36.6 Å². The molecule has 0 heterocycles. The van der Waals surface area contributed by atoms with Crippen molar-refractivity contribution in [1.82, 2.24) is 0 Å². The number of ether oxygens (including phenoxy) is 2. The van der Waals surface area contributed by atoms with E-state index in [9.17, 15) is 0 Å². The van der Waals surface area contributed by atoms with E-state index < -0.39 is 0 Å². The van der Waals surface area contributed by atoms with Crippen LogP contribution in [0.5, 0.6) is 5.75 Å². The Labute approximate surface area is 85.8 Å². The zero-order chi connectivity index (χ0) is 10.4. The molecule has 0 amide bonds. The van der Waals surface area contributed by atoms with Gasteiger partial charge in [0.1, 0.15) is 12.4 Å². The molecule has 2 heteroatoms. The van der Waals surface area contributed by atoms with Crippen molar-refractivity contribution in [2.24, 2.45) is 0 Å². The molecule has 0 aliphatic carbocycles. The van der Waals surface area contributed by atoms with Crippen molar-refractivity contribution in [3.8, 4) is 5.75 Å². The fraction of sp³-hybridized carbons (Fsp3) is 0.500. The van der Waals surface area contributed by atoms with Crippen molar-refractivity contribution >= 4 is 0 Å². The summed E-state index contributed by atoms with van der Waals surface area (Å²) in [4.78, 5) is 0. The molecule has 0 radical (unpaired) electrons. The van der Waals surface area contributed by atoms with E-state index in [4.69, 9.17) is 9.47 Å². The number of hydrogen-bond acceptors (Lipinski definition) is 2. The number of hydrogen-bond donors (Lipinski definition) is 0. The Kier molecular flexibility index (Phi) is 4.47. The van der Waals surface area contributed by atoms with Crippen LogP contribution in [0.15, 0.2) is 18.2 Å². The van der Waals surface area contributed by atoms with E-state index >= 15 is 0 Å². The van der Waals surface area contributed by atoms with E-state index in [1.54, 1.807) is 7.11 Å². The summed E-state index contributed by atoms with van der Waals surface area (Å²) < 4.78 is 10.4. The maximum Gasteiger partial charge on any atom is 0.119 e. The molecule has 0 fully saturated rings. The highest BCUT2D eigenvalue weighted by molar-refractivity contribution is 5.34. The molecule has 0 atom stereocenters. The van der Waals surface area contributed by atoms with Crippen LogP contribution in [0.25, 0.3) is 0 Å². The van der Waals surface area contributed by atoms with E-state index in [-0.39, 0.29) is 0 Å². The summed E-state index contributed by atoms with van der Waals surface area (Å²) in [7, 11) is 1.68. The monoisotopic (exact) mass is 194 g/mol. The van der Waals surface area contributed by atoms with Gasteiger partial charge in [0.05, 0.1) is 6.61 Å². The molecule has 0 aliphatic rings. The van der Waals surface area contributed by atoms with Crippen LogP contribution >= 0.6 is 0 Å². The highest BCUT2D eigenvalue weighted by atomic mass is 16.5. The average Bonchev–Trinajstić information content (AvgIpc) is 2.18. The summed E-state index contributed by atoms with van der Waals surface area (Å²) in [5.41, 5.74) is 2.67. The third-order valence-corrected chi connectivity index (χ3v) is 2.25. The third-order valence-electron chi connectivity index (χ3n) is 2.25. The predicted octanol–water partition coefficient (Wildman–Crippen LogP) is 2.58. The zero-order valence-electron chi connectivity index (χ0n) is 9.17. The minimum Gasteiger partial charge on any atom is -0.491 e. The molecule has 0 unspecified atom stereocenters. The number of rotatable bonds is 5. The quantitative estimate of drug-likeness (QED) is 0.671. The fourth-order valence-electron chi connectivity index (χ4n) is 1.40. The molecular weight excluding hydrogens is 176 g/mol. The van der Waals surface area contributed by atoms with Gasteiger partial charge in [-0.1, -0.05) is 13.0 Å². The largest absolute Gasteiger partial charge is 0.491 e. The molecule has 1 aromatic carbocycles. The fourth-order valence-corrected chi connectivity index (χ4v) is 1.40. The normalized spacial score (nSPS) is 10.2. The molecule has 0 aliphatic heterocycles. The van der Waals surface area contributed by atoms with Crippen molar-refractivity contribution in [3.63, 3.8) is 0 Å². The van der Waals surface area contributed by atoms with Crippen LogP contribution in [0.2, 0.25) is 0 Å². The molecule has 0 spiro atoms. The van der Waals surface area contributed by atoms with Gasteiger partial charge in [-0.2, -0.15) is 0 Å². The lowest BCUT2D eigenvalue weighted by Gasteiger charge is -2.08. The second kappa shape index (κ2) is 5.66. The molecule has 0 saturated heterocycles. The van der Waals surface area contributed by atoms with Crippen LogP contribution in [0.4, 0.5) is 0 Å². The summed E-state index contributed by atoms with van der Waals surface area (Å²) in [5, 5.41) is 0. The SMILES string of the molecule is CCc1ccc(OCCOC)cc1C. The average molecular weight is 194 g/mol. The van der Waals surface area contributed by atoms with E-state index in [0.717, 1.165) is 12.2 Å². The van der Waals surface area contributed by atoms with Crippen molar-refractivity contribution in [2.75, 3.05) is 20.3 Å². The van der Waals surface area contributed by atoms with Crippen molar-refractivity contribution in [3.05, 3.63) is 29.3 Å². The Morgan fingerprint density at radius 1 is 1.21 bits per heavy atom. The van der Waals surface area contributed by atoms with Gasteiger partial charge in [-0.15, -0.1) is 0 Å². The minimum absolute atomic E-state index is 0.613. The Morgan fingerprint density at radius 2 is 2.00 bits per heavy atom. The lowest BCUT2D eigenvalue weighted by atomic mass is 10.1. The summed E-state index contributed by atoms with van der Waals surface area (Å²) in [6.07, 6.45) is 1.07. The van der Waals surface area contributed by atoms with Crippen LogP contribution in [-0.4, -0.2) is 20.3 Å². The predicted molar refractivity (Wildman–Crippen MR) is 57.9 cm³/mol. The molecule has 0 bridgehead atoms. The van der Waals surface area contributed by atoms with E-state index in [2.05, 4.69) is 26.0 Å². The van der Waals surface area contributed by atoms with E-state index in [1.165, 1.54) is 11.1 Å². The summed E-state index contributed by atoms with van der Waals surface area (Å²) in [6, 6.07) is 6.22. The van der Waals surface area contributed by atoms with Crippen molar-refractivity contribution < 1.29 is 9.47 Å². The Bertz CT molecular complexity index is 282. The number of aryl methyl sites for hydroxylation is 2. The first-order valence-electron chi connectivity index (χ1n) is 4.99. The summed E-state index contributed by atoms with van der Waals surface area (Å²) >= 11 is 0. The molecule has 14 heavy (non-hydrogen) atoms. The number of methoxy groups -OCH3 is 1. The van der Waals surface area contributed by atoms with Gasteiger partial charge in [0.2, 0.25) is 0 Å². The maximum absolute atomic E-state index is 5.50. The Morgan fingerprint density at radius 3 is 2.57 bits per heavy atom. The van der Waals surface area contributed by atoms with Crippen molar-refractivity contribution in [1.29, 1.82) is 0 Å². The molecule has 1 aromatic rings. The highest BCUT2D eigenvalue weighted by Gasteiger charge is 1.98. The molecule has 2 nitrogen and oxygen atoms in total. The summed E-state index contributed by atoms with van der Waals surface area (Å²) in [6.45, 7) is 5.52. The van der Waals surface area contributed by atoms with Crippen LogP contribution in [0.3, 0.4) is 0 Å². The second-order valence-electron chi connectivity index (χ2n) is 3.28. The van der Waals surface area contributed by atoms with E-state index in [1.807, 2.05) is 6.07 Å². The molecule has 0 saturated carbocycles. The Balaban J connectivity index is 2.57. The van der Waals surface area contributed by atoms with Crippen molar-refractivity contribution in [2.45, 2.75) is 20.3 Å². The maximum atomic E-state index is 5.50. The van der Waals surface area contributed by atoms with Gasteiger partial charge in [-0.3, -0.25) is 0 Å². The van der Waals surface area contributed by atoms with Gasteiger partial charge >= 0.3 is 0 Å². The van der Waals surface area contributed by atoms with Crippen LogP contribution in [0.1, 0.15) is 18.1 Å². The first kappa shape index (κ1) is 11.1. The van der Waals surface area contributed by atoms with Gasteiger partial charge in [0.15, 0.2) is 0 Å². The molecule has 1 rings (SSSR count). The van der Waals surface area contributed by atoms with Gasteiger partial charge in [0, 0.05) is 7.11 Å². The third kappa shape index (κ3) is 3.04. The van der Waals surface area contributed by atoms with E-state index in [0.29, 0.717) is 13.2 Å². The first-order chi connectivity index (χ1) is 6.77. The zero-order valence-corrected chi connectivity index (χ0v) is 9.17.